The van der Waals surface area contributed by atoms with Gasteiger partial charge in [0.25, 0.3) is 0 Å². The Hall–Kier alpha value is -1.65. The summed E-state index contributed by atoms with van der Waals surface area (Å²) < 4.78 is 5.34. The first-order valence-electron chi connectivity index (χ1n) is 8.17. The molecule has 0 radical (unpaired) electrons. The molecule has 118 valence electrons. The van der Waals surface area contributed by atoms with Crippen LogP contribution in [-0.4, -0.2) is 27.6 Å². The first-order chi connectivity index (χ1) is 10.8. The zero-order valence-electron chi connectivity index (χ0n) is 12.9. The minimum atomic E-state index is -0.519. The summed E-state index contributed by atoms with van der Waals surface area (Å²) in [6.45, 7) is 1.99. The zero-order chi connectivity index (χ0) is 15.2. The Morgan fingerprint density at radius 3 is 3.00 bits per heavy atom. The Kier molecular flexibility index (Phi) is 5.24. The summed E-state index contributed by atoms with van der Waals surface area (Å²) in [7, 11) is 0. The molecule has 4 nitrogen and oxygen atoms in total. The molecule has 2 aromatic rings. The van der Waals surface area contributed by atoms with Crippen molar-refractivity contribution < 1.29 is 9.52 Å². The number of likely N-dealkylation sites (tertiary alicyclic amines) is 1. The standard InChI is InChI=1S/C18H24N2O2/c21-17(18-8-5-11-22-18)12-16-7-2-1-3-10-20(16)14-15-6-4-9-19-13-15/h4-6,8-9,11,13,16-17,21H,1-3,7,10,12,14H2/t16-,17-/m1/s1. The van der Waals surface area contributed by atoms with E-state index in [2.05, 4.69) is 16.0 Å². The normalized spacial score (nSPS) is 21.4. The van der Waals surface area contributed by atoms with Gasteiger partial charge in [0.1, 0.15) is 11.9 Å². The Morgan fingerprint density at radius 2 is 2.23 bits per heavy atom. The third kappa shape index (κ3) is 3.96. The van der Waals surface area contributed by atoms with Crippen LogP contribution in [0.1, 0.15) is 49.5 Å². The lowest BCUT2D eigenvalue weighted by atomic mass is 10.0. The average Bonchev–Trinajstić information content (AvgIpc) is 3.00. The van der Waals surface area contributed by atoms with Gasteiger partial charge in [-0.25, -0.2) is 0 Å². The molecule has 0 unspecified atom stereocenters. The van der Waals surface area contributed by atoms with Crippen LogP contribution in [0.4, 0.5) is 0 Å². The zero-order valence-corrected chi connectivity index (χ0v) is 12.9. The van der Waals surface area contributed by atoms with E-state index >= 15 is 0 Å². The average molecular weight is 300 g/mol. The molecule has 3 rings (SSSR count). The molecule has 3 heterocycles. The van der Waals surface area contributed by atoms with E-state index in [0.29, 0.717) is 11.8 Å². The van der Waals surface area contributed by atoms with Gasteiger partial charge in [0.2, 0.25) is 0 Å². The number of rotatable bonds is 5. The second kappa shape index (κ2) is 7.56. The Bertz CT molecular complexity index is 541. The molecule has 2 aromatic heterocycles. The molecule has 1 N–H and O–H groups in total. The number of furan rings is 1. The summed E-state index contributed by atoms with van der Waals surface area (Å²) in [5.74, 6) is 0.672. The SMILES string of the molecule is O[C@H](C[C@H]1CCCCCN1Cc1cccnc1)c1ccco1. The van der Waals surface area contributed by atoms with Crippen molar-refractivity contribution in [1.82, 2.24) is 9.88 Å². The summed E-state index contributed by atoms with van der Waals surface area (Å²) >= 11 is 0. The first kappa shape index (κ1) is 15.3. The minimum Gasteiger partial charge on any atom is -0.467 e. The molecule has 0 aromatic carbocycles. The van der Waals surface area contributed by atoms with Crippen molar-refractivity contribution in [2.75, 3.05) is 6.54 Å². The maximum absolute atomic E-state index is 10.4. The lowest BCUT2D eigenvalue weighted by Crippen LogP contribution is -2.35. The predicted molar refractivity (Wildman–Crippen MR) is 85.2 cm³/mol. The van der Waals surface area contributed by atoms with Crippen LogP contribution in [0.5, 0.6) is 0 Å². The van der Waals surface area contributed by atoms with Crippen molar-refractivity contribution in [2.24, 2.45) is 0 Å². The third-order valence-corrected chi connectivity index (χ3v) is 4.47. The van der Waals surface area contributed by atoms with Crippen molar-refractivity contribution in [3.05, 3.63) is 54.2 Å². The first-order valence-corrected chi connectivity index (χ1v) is 8.17. The van der Waals surface area contributed by atoms with Crippen molar-refractivity contribution in [1.29, 1.82) is 0 Å². The molecular weight excluding hydrogens is 276 g/mol. The van der Waals surface area contributed by atoms with Crippen LogP contribution in [0.15, 0.2) is 47.3 Å². The molecule has 0 aliphatic carbocycles. The van der Waals surface area contributed by atoms with Crippen molar-refractivity contribution >= 4 is 0 Å². The molecular formula is C18H24N2O2. The van der Waals surface area contributed by atoms with Crippen LogP contribution in [0.25, 0.3) is 0 Å². The van der Waals surface area contributed by atoms with Crippen LogP contribution in [0.3, 0.4) is 0 Å². The minimum absolute atomic E-state index is 0.391. The largest absolute Gasteiger partial charge is 0.467 e. The summed E-state index contributed by atoms with van der Waals surface area (Å²) in [5.41, 5.74) is 1.24. The molecule has 22 heavy (non-hydrogen) atoms. The summed E-state index contributed by atoms with van der Waals surface area (Å²) in [6.07, 6.45) is 10.5. The molecule has 1 aliphatic heterocycles. The van der Waals surface area contributed by atoms with E-state index in [4.69, 9.17) is 4.42 Å². The highest BCUT2D eigenvalue weighted by Gasteiger charge is 2.25. The number of hydrogen-bond donors (Lipinski definition) is 1. The highest BCUT2D eigenvalue weighted by Crippen LogP contribution is 2.27. The van der Waals surface area contributed by atoms with Gasteiger partial charge in [0.15, 0.2) is 0 Å². The van der Waals surface area contributed by atoms with Crippen molar-refractivity contribution in [2.45, 2.75) is 50.8 Å². The topological polar surface area (TPSA) is 49.5 Å². The van der Waals surface area contributed by atoms with Gasteiger partial charge < -0.3 is 9.52 Å². The van der Waals surface area contributed by atoms with E-state index in [9.17, 15) is 5.11 Å². The van der Waals surface area contributed by atoms with E-state index < -0.39 is 6.10 Å². The van der Waals surface area contributed by atoms with E-state index in [1.807, 2.05) is 30.6 Å². The van der Waals surface area contributed by atoms with Gasteiger partial charge in [-0.05, 0) is 49.6 Å². The molecule has 4 heteroatoms. The van der Waals surface area contributed by atoms with Gasteiger partial charge in [-0.2, -0.15) is 0 Å². The van der Waals surface area contributed by atoms with Gasteiger partial charge in [-0.15, -0.1) is 0 Å². The van der Waals surface area contributed by atoms with Crippen molar-refractivity contribution in [3.63, 3.8) is 0 Å². The Morgan fingerprint density at radius 1 is 1.27 bits per heavy atom. The smallest absolute Gasteiger partial charge is 0.132 e. The summed E-state index contributed by atoms with van der Waals surface area (Å²) in [4.78, 5) is 6.71. The number of aliphatic hydroxyl groups is 1. The van der Waals surface area contributed by atoms with Crippen LogP contribution >= 0.6 is 0 Å². The quantitative estimate of drug-likeness (QED) is 0.917. The highest BCUT2D eigenvalue weighted by atomic mass is 16.4. The van der Waals surface area contributed by atoms with Crippen LogP contribution in [0.2, 0.25) is 0 Å². The van der Waals surface area contributed by atoms with Gasteiger partial charge in [0, 0.05) is 25.0 Å². The second-order valence-electron chi connectivity index (χ2n) is 6.10. The van der Waals surface area contributed by atoms with Gasteiger partial charge >= 0.3 is 0 Å². The maximum atomic E-state index is 10.4. The summed E-state index contributed by atoms with van der Waals surface area (Å²) in [6, 6.07) is 8.19. The van der Waals surface area contributed by atoms with Crippen molar-refractivity contribution in [3.8, 4) is 0 Å². The van der Waals surface area contributed by atoms with Crippen LogP contribution in [-0.2, 0) is 6.54 Å². The molecule has 0 bridgehead atoms. The number of nitrogens with zero attached hydrogens (tertiary/aromatic N) is 2. The van der Waals surface area contributed by atoms with E-state index in [1.165, 1.54) is 24.8 Å². The van der Waals surface area contributed by atoms with E-state index in [0.717, 1.165) is 25.9 Å². The molecule has 1 aliphatic rings. The molecule has 0 spiro atoms. The fourth-order valence-electron chi connectivity index (χ4n) is 3.29. The lowest BCUT2D eigenvalue weighted by Gasteiger charge is -2.31. The Labute approximate surface area is 131 Å². The fraction of sp³-hybridized carbons (Fsp3) is 0.500. The number of aliphatic hydroxyl groups excluding tert-OH is 1. The molecule has 0 amide bonds. The second-order valence-corrected chi connectivity index (χ2v) is 6.10. The third-order valence-electron chi connectivity index (χ3n) is 4.47. The van der Waals surface area contributed by atoms with Crippen LogP contribution in [0, 0.1) is 0 Å². The number of aromatic nitrogens is 1. The monoisotopic (exact) mass is 300 g/mol. The molecule has 1 fully saturated rings. The summed E-state index contributed by atoms with van der Waals surface area (Å²) in [5, 5.41) is 10.4. The highest BCUT2D eigenvalue weighted by molar-refractivity contribution is 5.09. The molecule has 0 saturated carbocycles. The van der Waals surface area contributed by atoms with Crippen LogP contribution < -0.4 is 0 Å². The van der Waals surface area contributed by atoms with Gasteiger partial charge in [-0.1, -0.05) is 18.9 Å². The maximum Gasteiger partial charge on any atom is 0.132 e. The van der Waals surface area contributed by atoms with E-state index in [1.54, 1.807) is 6.26 Å². The fourth-order valence-corrected chi connectivity index (χ4v) is 3.29. The predicted octanol–water partition coefficient (Wildman–Crippen LogP) is 3.54. The van der Waals surface area contributed by atoms with Gasteiger partial charge in [-0.3, -0.25) is 9.88 Å². The molecule has 2 atom stereocenters. The lowest BCUT2D eigenvalue weighted by molar-refractivity contribution is 0.0830. The van der Waals surface area contributed by atoms with Gasteiger partial charge in [0.05, 0.1) is 6.26 Å². The Balaban J connectivity index is 1.67. The molecule has 1 saturated heterocycles. The number of pyridine rings is 1. The number of hydrogen-bond acceptors (Lipinski definition) is 4. The van der Waals surface area contributed by atoms with E-state index in [-0.39, 0.29) is 0 Å².